The van der Waals surface area contributed by atoms with Gasteiger partial charge >= 0.3 is 0 Å². The van der Waals surface area contributed by atoms with Gasteiger partial charge in [-0.2, -0.15) is 0 Å². The van der Waals surface area contributed by atoms with E-state index in [2.05, 4.69) is 10.6 Å². The Bertz CT molecular complexity index is 983. The van der Waals surface area contributed by atoms with Crippen LogP contribution in [0.15, 0.2) is 53.9 Å². The maximum absolute atomic E-state index is 12.7. The van der Waals surface area contributed by atoms with E-state index in [-0.39, 0.29) is 11.8 Å². The number of aryl methyl sites for hydroxylation is 1. The first-order valence-corrected chi connectivity index (χ1v) is 9.34. The van der Waals surface area contributed by atoms with Gasteiger partial charge in [-0.15, -0.1) is 11.3 Å². The van der Waals surface area contributed by atoms with Crippen molar-refractivity contribution in [3.63, 3.8) is 0 Å². The number of carbonyl (C=O) groups is 2. The van der Waals surface area contributed by atoms with Crippen LogP contribution in [0.25, 0.3) is 0 Å². The summed E-state index contributed by atoms with van der Waals surface area (Å²) in [7, 11) is 1.51. The van der Waals surface area contributed by atoms with E-state index < -0.39 is 0 Å². The van der Waals surface area contributed by atoms with Gasteiger partial charge in [0.15, 0.2) is 0 Å². The molecule has 2 aromatic carbocycles. The van der Waals surface area contributed by atoms with Gasteiger partial charge in [-0.25, -0.2) is 0 Å². The second-order valence-corrected chi connectivity index (χ2v) is 7.13. The molecule has 0 aliphatic heterocycles. The van der Waals surface area contributed by atoms with Crippen LogP contribution in [-0.2, 0) is 0 Å². The molecule has 2 amide bonds. The summed E-state index contributed by atoms with van der Waals surface area (Å²) in [5.41, 5.74) is 2.31. The third-order valence-electron chi connectivity index (χ3n) is 3.83. The van der Waals surface area contributed by atoms with E-state index >= 15 is 0 Å². The molecule has 1 heterocycles. The van der Waals surface area contributed by atoms with E-state index in [0.29, 0.717) is 32.6 Å². The molecule has 3 aromatic rings. The first-order chi connectivity index (χ1) is 13.0. The molecule has 0 spiro atoms. The fourth-order valence-corrected chi connectivity index (χ4v) is 3.37. The summed E-state index contributed by atoms with van der Waals surface area (Å²) in [6.45, 7) is 1.88. The summed E-state index contributed by atoms with van der Waals surface area (Å²) in [5, 5.41) is 7.97. The fraction of sp³-hybridized carbons (Fsp3) is 0.100. The lowest BCUT2D eigenvalue weighted by atomic mass is 10.1. The molecule has 2 N–H and O–H groups in total. The molecule has 27 heavy (non-hydrogen) atoms. The second kappa shape index (κ2) is 8.24. The number of rotatable bonds is 5. The summed E-state index contributed by atoms with van der Waals surface area (Å²) in [5.74, 6) is -0.155. The molecule has 0 aliphatic carbocycles. The third kappa shape index (κ3) is 4.48. The summed E-state index contributed by atoms with van der Waals surface area (Å²) in [6.07, 6.45) is 0. The molecule has 138 valence electrons. The van der Waals surface area contributed by atoms with Gasteiger partial charge in [0.25, 0.3) is 11.8 Å². The van der Waals surface area contributed by atoms with Crippen LogP contribution in [0.4, 0.5) is 11.4 Å². The summed E-state index contributed by atoms with van der Waals surface area (Å²) >= 11 is 7.15. The standard InChI is InChI=1S/C20H17ClN2O3S/c1-12-3-8-16(23-20(25)18-17(26-2)9-10-27-18)15(11-12)19(24)22-14-6-4-13(21)5-7-14/h3-11H,1-2H3,(H,22,24)(H,23,25). The summed E-state index contributed by atoms with van der Waals surface area (Å²) in [6, 6.07) is 13.8. The molecule has 0 saturated heterocycles. The van der Waals surface area contributed by atoms with Crippen molar-refractivity contribution < 1.29 is 14.3 Å². The van der Waals surface area contributed by atoms with Gasteiger partial charge in [0, 0.05) is 10.7 Å². The highest BCUT2D eigenvalue weighted by atomic mass is 35.5. The number of nitrogens with one attached hydrogen (secondary N) is 2. The molecule has 0 fully saturated rings. The van der Waals surface area contributed by atoms with Gasteiger partial charge in [-0.05, 0) is 54.8 Å². The fourth-order valence-electron chi connectivity index (χ4n) is 2.49. The quantitative estimate of drug-likeness (QED) is 0.616. The molecule has 7 heteroatoms. The Labute approximate surface area is 165 Å². The lowest BCUT2D eigenvalue weighted by Gasteiger charge is -2.13. The minimum absolute atomic E-state index is 0.325. The van der Waals surface area contributed by atoms with Gasteiger partial charge in [-0.3, -0.25) is 9.59 Å². The SMILES string of the molecule is COc1ccsc1C(=O)Nc1ccc(C)cc1C(=O)Nc1ccc(Cl)cc1. The van der Waals surface area contributed by atoms with Crippen molar-refractivity contribution in [3.05, 3.63) is 74.9 Å². The number of benzene rings is 2. The van der Waals surface area contributed by atoms with Crippen molar-refractivity contribution in [2.45, 2.75) is 6.92 Å². The highest BCUT2D eigenvalue weighted by Gasteiger charge is 2.18. The molecule has 1 aromatic heterocycles. The van der Waals surface area contributed by atoms with E-state index in [4.69, 9.17) is 16.3 Å². The maximum atomic E-state index is 12.7. The van der Waals surface area contributed by atoms with Crippen molar-refractivity contribution >= 4 is 46.1 Å². The molecule has 5 nitrogen and oxygen atoms in total. The number of methoxy groups -OCH3 is 1. The molecule has 0 saturated carbocycles. The highest BCUT2D eigenvalue weighted by molar-refractivity contribution is 7.12. The van der Waals surface area contributed by atoms with Crippen LogP contribution in [0.3, 0.4) is 0 Å². The molecule has 0 atom stereocenters. The van der Waals surface area contributed by atoms with Crippen LogP contribution in [-0.4, -0.2) is 18.9 Å². The minimum atomic E-state index is -0.328. The number of thiophene rings is 1. The number of hydrogen-bond acceptors (Lipinski definition) is 4. The van der Waals surface area contributed by atoms with E-state index in [1.54, 1.807) is 47.8 Å². The van der Waals surface area contributed by atoms with E-state index in [9.17, 15) is 9.59 Å². The third-order valence-corrected chi connectivity index (χ3v) is 4.97. The largest absolute Gasteiger partial charge is 0.495 e. The number of amides is 2. The van der Waals surface area contributed by atoms with Crippen LogP contribution in [0.2, 0.25) is 5.02 Å². The molecular weight excluding hydrogens is 384 g/mol. The predicted molar refractivity (Wildman–Crippen MR) is 109 cm³/mol. The molecule has 0 bridgehead atoms. The Balaban J connectivity index is 1.85. The average molecular weight is 401 g/mol. The minimum Gasteiger partial charge on any atom is -0.495 e. The first kappa shape index (κ1) is 18.9. The Kier molecular flexibility index (Phi) is 5.78. The van der Waals surface area contributed by atoms with Crippen molar-refractivity contribution in [3.8, 4) is 5.75 Å². The Hall–Kier alpha value is -2.83. The monoisotopic (exact) mass is 400 g/mol. The average Bonchev–Trinajstić information content (AvgIpc) is 3.14. The molecule has 3 rings (SSSR count). The number of hydrogen-bond donors (Lipinski definition) is 2. The second-order valence-electron chi connectivity index (χ2n) is 5.78. The van der Waals surface area contributed by atoms with Crippen molar-refractivity contribution in [2.24, 2.45) is 0 Å². The molecule has 0 unspecified atom stereocenters. The van der Waals surface area contributed by atoms with Gasteiger partial charge in [0.05, 0.1) is 18.4 Å². The number of anilines is 2. The number of halogens is 1. The number of carbonyl (C=O) groups excluding carboxylic acids is 2. The Morgan fingerprint density at radius 2 is 1.74 bits per heavy atom. The maximum Gasteiger partial charge on any atom is 0.269 e. The van der Waals surface area contributed by atoms with Crippen molar-refractivity contribution in [1.82, 2.24) is 0 Å². The summed E-state index contributed by atoms with van der Waals surface area (Å²) < 4.78 is 5.19. The van der Waals surface area contributed by atoms with E-state index in [1.165, 1.54) is 18.4 Å². The van der Waals surface area contributed by atoms with Crippen LogP contribution >= 0.6 is 22.9 Å². The van der Waals surface area contributed by atoms with Crippen LogP contribution in [0.5, 0.6) is 5.75 Å². The van der Waals surface area contributed by atoms with E-state index in [1.807, 2.05) is 13.0 Å². The van der Waals surface area contributed by atoms with Crippen LogP contribution < -0.4 is 15.4 Å². The number of ether oxygens (including phenoxy) is 1. The first-order valence-electron chi connectivity index (χ1n) is 8.08. The molecule has 0 radical (unpaired) electrons. The smallest absolute Gasteiger partial charge is 0.269 e. The Morgan fingerprint density at radius 1 is 1.00 bits per heavy atom. The zero-order valence-corrected chi connectivity index (χ0v) is 16.3. The highest BCUT2D eigenvalue weighted by Crippen LogP contribution is 2.27. The molecular formula is C20H17ClN2O3S. The van der Waals surface area contributed by atoms with Gasteiger partial charge in [0.2, 0.25) is 0 Å². The lowest BCUT2D eigenvalue weighted by Crippen LogP contribution is -2.18. The topological polar surface area (TPSA) is 67.4 Å². The Morgan fingerprint density at radius 3 is 2.44 bits per heavy atom. The van der Waals surface area contributed by atoms with Crippen LogP contribution in [0, 0.1) is 6.92 Å². The van der Waals surface area contributed by atoms with Crippen molar-refractivity contribution in [2.75, 3.05) is 17.7 Å². The van der Waals surface area contributed by atoms with E-state index in [0.717, 1.165) is 5.56 Å². The predicted octanol–water partition coefficient (Wildman–Crippen LogP) is 5.22. The lowest BCUT2D eigenvalue weighted by molar-refractivity contribution is 0.102. The summed E-state index contributed by atoms with van der Waals surface area (Å²) in [4.78, 5) is 25.8. The zero-order valence-electron chi connectivity index (χ0n) is 14.7. The zero-order chi connectivity index (χ0) is 19.4. The van der Waals surface area contributed by atoms with Crippen LogP contribution in [0.1, 0.15) is 25.6 Å². The van der Waals surface area contributed by atoms with Gasteiger partial charge < -0.3 is 15.4 Å². The van der Waals surface area contributed by atoms with Gasteiger partial charge in [-0.1, -0.05) is 23.2 Å². The van der Waals surface area contributed by atoms with Gasteiger partial charge in [0.1, 0.15) is 10.6 Å². The normalized spacial score (nSPS) is 10.3. The molecule has 0 aliphatic rings. The van der Waals surface area contributed by atoms with Crippen molar-refractivity contribution in [1.29, 1.82) is 0 Å².